The van der Waals surface area contributed by atoms with Crippen LogP contribution >= 0.6 is 0 Å². The van der Waals surface area contributed by atoms with Crippen LogP contribution in [0.25, 0.3) is 0 Å². The Kier molecular flexibility index (Phi) is 40.6. The highest BCUT2D eigenvalue weighted by Gasteiger charge is 2.19. The summed E-state index contributed by atoms with van der Waals surface area (Å²) in [4.78, 5) is 37.6. The third-order valence-corrected chi connectivity index (χ3v) is 9.24. The fourth-order valence-electron chi connectivity index (χ4n) is 5.85. The van der Waals surface area contributed by atoms with Gasteiger partial charge in [0, 0.05) is 19.3 Å². The first-order chi connectivity index (χ1) is 26.5. The van der Waals surface area contributed by atoms with Gasteiger partial charge in [0.05, 0.1) is 0 Å². The van der Waals surface area contributed by atoms with Crippen molar-refractivity contribution in [3.05, 3.63) is 60.8 Å². The minimum atomic E-state index is -0.801. The highest BCUT2D eigenvalue weighted by Crippen LogP contribution is 2.13. The topological polar surface area (TPSA) is 78.9 Å². The van der Waals surface area contributed by atoms with Crippen LogP contribution < -0.4 is 0 Å². The molecule has 6 nitrogen and oxygen atoms in total. The second-order valence-corrected chi connectivity index (χ2v) is 14.6. The Morgan fingerprint density at radius 2 is 0.685 bits per heavy atom. The molecule has 0 rings (SSSR count). The predicted octanol–water partition coefficient (Wildman–Crippen LogP) is 14.1. The van der Waals surface area contributed by atoms with E-state index in [1.54, 1.807) is 0 Å². The number of ether oxygens (including phenoxy) is 3. The summed E-state index contributed by atoms with van der Waals surface area (Å²) < 4.78 is 16.6. The second-order valence-electron chi connectivity index (χ2n) is 14.6. The summed E-state index contributed by atoms with van der Waals surface area (Å²) in [6.45, 7) is 6.47. The molecule has 0 aliphatic carbocycles. The van der Waals surface area contributed by atoms with Crippen LogP contribution in [0.4, 0.5) is 0 Å². The molecule has 1 atom stereocenters. The third kappa shape index (κ3) is 40.3. The molecule has 0 bridgehead atoms. The lowest BCUT2D eigenvalue weighted by Crippen LogP contribution is -2.30. The summed E-state index contributed by atoms with van der Waals surface area (Å²) in [7, 11) is 0. The molecule has 0 amide bonds. The highest BCUT2D eigenvalue weighted by atomic mass is 16.6. The lowest BCUT2D eigenvalue weighted by molar-refractivity contribution is -0.167. The Morgan fingerprint density at radius 1 is 0.370 bits per heavy atom. The first-order valence-electron chi connectivity index (χ1n) is 22.3. The van der Waals surface area contributed by atoms with Gasteiger partial charge in [0.25, 0.3) is 0 Å². The van der Waals surface area contributed by atoms with E-state index < -0.39 is 6.10 Å². The second kappa shape index (κ2) is 42.8. The van der Waals surface area contributed by atoms with E-state index in [0.717, 1.165) is 57.8 Å². The van der Waals surface area contributed by atoms with Gasteiger partial charge in [-0.3, -0.25) is 14.4 Å². The molecule has 310 valence electrons. The molecule has 1 unspecified atom stereocenters. The molecule has 0 aliphatic heterocycles. The first-order valence-corrected chi connectivity index (χ1v) is 22.3. The van der Waals surface area contributed by atoms with Crippen LogP contribution in [0.15, 0.2) is 60.8 Å². The van der Waals surface area contributed by atoms with Gasteiger partial charge in [0.15, 0.2) is 6.10 Å². The standard InChI is InChI=1S/C48H82O6/c1-4-7-10-13-16-19-21-22-23-24-25-26-27-30-32-35-38-41-47(50)53-44-45(43-52-46(49)40-37-34-31-28-18-15-12-9-6-3)54-48(51)42-39-36-33-29-20-17-14-11-8-5-2/h16,19,22-23,25-26,28,30-32,45H,4-15,17-18,20-21,24,27,29,33-44H2,1-3H3/b19-16-,23-22-,26-25-,31-28-,32-30-. The molecule has 0 radical (unpaired) electrons. The average Bonchev–Trinajstić information content (AvgIpc) is 3.17. The molecular formula is C48H82O6. The van der Waals surface area contributed by atoms with E-state index in [-0.39, 0.29) is 37.5 Å². The van der Waals surface area contributed by atoms with Gasteiger partial charge in [-0.25, -0.2) is 0 Å². The van der Waals surface area contributed by atoms with Gasteiger partial charge in [0.1, 0.15) is 13.2 Å². The van der Waals surface area contributed by atoms with Crippen LogP contribution in [0, 0.1) is 0 Å². The van der Waals surface area contributed by atoms with Crippen LogP contribution in [0.2, 0.25) is 0 Å². The van der Waals surface area contributed by atoms with E-state index >= 15 is 0 Å². The molecular weight excluding hydrogens is 673 g/mol. The number of allylic oxidation sites excluding steroid dienone is 10. The summed E-state index contributed by atoms with van der Waals surface area (Å²) in [5.41, 5.74) is 0. The highest BCUT2D eigenvalue weighted by molar-refractivity contribution is 5.71. The van der Waals surface area contributed by atoms with Gasteiger partial charge in [-0.1, -0.05) is 171 Å². The SMILES string of the molecule is CCCCC/C=C\C/C=C\C/C=C\C/C=C\CCCC(=O)OCC(COC(=O)CCC/C=C\CCCCCC)OC(=O)CCCCCCCCCCCC. The molecule has 0 spiro atoms. The van der Waals surface area contributed by atoms with Crippen molar-refractivity contribution in [2.24, 2.45) is 0 Å². The van der Waals surface area contributed by atoms with Gasteiger partial charge in [-0.05, 0) is 77.0 Å². The molecule has 0 aromatic heterocycles. The summed E-state index contributed by atoms with van der Waals surface area (Å²) >= 11 is 0. The van der Waals surface area contributed by atoms with Crippen molar-refractivity contribution in [2.75, 3.05) is 13.2 Å². The number of carbonyl (C=O) groups excluding carboxylic acids is 3. The van der Waals surface area contributed by atoms with Crippen molar-refractivity contribution < 1.29 is 28.6 Å². The van der Waals surface area contributed by atoms with E-state index in [0.29, 0.717) is 25.7 Å². The minimum absolute atomic E-state index is 0.106. The van der Waals surface area contributed by atoms with Crippen molar-refractivity contribution in [2.45, 2.75) is 213 Å². The Morgan fingerprint density at radius 3 is 1.15 bits per heavy atom. The lowest BCUT2D eigenvalue weighted by atomic mass is 10.1. The van der Waals surface area contributed by atoms with E-state index in [9.17, 15) is 14.4 Å². The number of hydrogen-bond acceptors (Lipinski definition) is 6. The molecule has 0 aromatic carbocycles. The van der Waals surface area contributed by atoms with Crippen molar-refractivity contribution in [1.82, 2.24) is 0 Å². The number of hydrogen-bond donors (Lipinski definition) is 0. The Balaban J connectivity index is 4.45. The molecule has 0 aliphatic rings. The maximum atomic E-state index is 12.7. The molecule has 6 heteroatoms. The van der Waals surface area contributed by atoms with Crippen molar-refractivity contribution >= 4 is 17.9 Å². The molecule has 0 heterocycles. The van der Waals surface area contributed by atoms with Crippen molar-refractivity contribution in [3.8, 4) is 0 Å². The molecule has 0 saturated carbocycles. The zero-order valence-corrected chi connectivity index (χ0v) is 35.2. The summed E-state index contributed by atoms with van der Waals surface area (Å²) in [5.74, 6) is -1.00. The molecule has 0 saturated heterocycles. The Labute approximate surface area is 332 Å². The normalized spacial score (nSPS) is 12.6. The maximum Gasteiger partial charge on any atom is 0.306 e. The molecule has 0 fully saturated rings. The first kappa shape index (κ1) is 51.1. The lowest BCUT2D eigenvalue weighted by Gasteiger charge is -2.18. The number of rotatable bonds is 39. The van der Waals surface area contributed by atoms with Crippen LogP contribution in [-0.4, -0.2) is 37.2 Å². The van der Waals surface area contributed by atoms with E-state index in [4.69, 9.17) is 14.2 Å². The fraction of sp³-hybridized carbons (Fsp3) is 0.729. The van der Waals surface area contributed by atoms with Gasteiger partial charge >= 0.3 is 17.9 Å². The Bertz CT molecular complexity index is 1010. The van der Waals surface area contributed by atoms with Crippen LogP contribution in [0.1, 0.15) is 207 Å². The molecule has 0 N–H and O–H groups in total. The minimum Gasteiger partial charge on any atom is -0.462 e. The van der Waals surface area contributed by atoms with Crippen LogP contribution in [0.5, 0.6) is 0 Å². The van der Waals surface area contributed by atoms with E-state index in [1.807, 2.05) is 0 Å². The Hall–Kier alpha value is -2.89. The zero-order chi connectivity index (χ0) is 39.4. The number of carbonyl (C=O) groups is 3. The summed E-state index contributed by atoms with van der Waals surface area (Å²) in [6, 6.07) is 0. The van der Waals surface area contributed by atoms with Crippen molar-refractivity contribution in [3.63, 3.8) is 0 Å². The molecule has 54 heavy (non-hydrogen) atoms. The maximum absolute atomic E-state index is 12.7. The average molecular weight is 755 g/mol. The van der Waals surface area contributed by atoms with Gasteiger partial charge in [-0.15, -0.1) is 0 Å². The quantitative estimate of drug-likeness (QED) is 0.0269. The predicted molar refractivity (Wildman–Crippen MR) is 228 cm³/mol. The summed E-state index contributed by atoms with van der Waals surface area (Å²) in [5, 5.41) is 0. The van der Waals surface area contributed by atoms with Gasteiger partial charge in [0.2, 0.25) is 0 Å². The van der Waals surface area contributed by atoms with Crippen LogP contribution in [-0.2, 0) is 28.6 Å². The van der Waals surface area contributed by atoms with Crippen LogP contribution in [0.3, 0.4) is 0 Å². The van der Waals surface area contributed by atoms with Gasteiger partial charge in [-0.2, -0.15) is 0 Å². The van der Waals surface area contributed by atoms with Crippen molar-refractivity contribution in [1.29, 1.82) is 0 Å². The van der Waals surface area contributed by atoms with E-state index in [2.05, 4.69) is 81.5 Å². The largest absolute Gasteiger partial charge is 0.462 e. The molecule has 0 aromatic rings. The van der Waals surface area contributed by atoms with E-state index in [1.165, 1.54) is 96.3 Å². The van der Waals surface area contributed by atoms with Gasteiger partial charge < -0.3 is 14.2 Å². The third-order valence-electron chi connectivity index (χ3n) is 9.24. The number of esters is 3. The smallest absolute Gasteiger partial charge is 0.306 e. The zero-order valence-electron chi connectivity index (χ0n) is 35.2. The number of unbranched alkanes of at least 4 members (excludes halogenated alkanes) is 18. The summed E-state index contributed by atoms with van der Waals surface area (Å²) in [6.07, 6.45) is 50.7. The monoisotopic (exact) mass is 755 g/mol. The fourth-order valence-corrected chi connectivity index (χ4v) is 5.85.